The van der Waals surface area contributed by atoms with Gasteiger partial charge in [-0.3, -0.25) is 9.36 Å². The van der Waals surface area contributed by atoms with E-state index in [1.807, 2.05) is 6.92 Å². The highest BCUT2D eigenvalue weighted by atomic mass is 16.4. The summed E-state index contributed by atoms with van der Waals surface area (Å²) < 4.78 is 1.70. The summed E-state index contributed by atoms with van der Waals surface area (Å²) in [5.41, 5.74) is 1.72. The summed E-state index contributed by atoms with van der Waals surface area (Å²) in [7, 11) is 0. The van der Waals surface area contributed by atoms with Gasteiger partial charge >= 0.3 is 11.7 Å². The third-order valence-corrected chi connectivity index (χ3v) is 4.06. The van der Waals surface area contributed by atoms with Crippen LogP contribution in [0.2, 0.25) is 0 Å². The van der Waals surface area contributed by atoms with Gasteiger partial charge in [0.15, 0.2) is 0 Å². The average Bonchev–Trinajstić information content (AvgIpc) is 2.70. The molecule has 1 saturated carbocycles. The van der Waals surface area contributed by atoms with Gasteiger partial charge in [0.25, 0.3) is 0 Å². The van der Waals surface area contributed by atoms with Crippen molar-refractivity contribution in [2.75, 3.05) is 0 Å². The minimum absolute atomic E-state index is 0.0762. The molecule has 0 radical (unpaired) electrons. The molecule has 0 aromatic carbocycles. The second-order valence-electron chi connectivity index (χ2n) is 5.56. The summed E-state index contributed by atoms with van der Waals surface area (Å²) in [4.78, 5) is 27.0. The standard InChI is InChI=1S/C14H20N2O3/c1-8-4-5-11(6-8)16-10(3)12(7-13(17)18)9(2)15-14(16)19/h8,11H,4-7H2,1-3H3,(H,17,18). The number of rotatable bonds is 3. The van der Waals surface area contributed by atoms with Crippen molar-refractivity contribution in [3.63, 3.8) is 0 Å². The van der Waals surface area contributed by atoms with E-state index in [1.54, 1.807) is 11.5 Å². The van der Waals surface area contributed by atoms with E-state index in [0.29, 0.717) is 17.2 Å². The van der Waals surface area contributed by atoms with Crippen molar-refractivity contribution in [1.82, 2.24) is 9.55 Å². The number of carboxylic acid groups (broad SMARTS) is 1. The second-order valence-corrected chi connectivity index (χ2v) is 5.56. The molecule has 19 heavy (non-hydrogen) atoms. The molecule has 2 unspecified atom stereocenters. The molecule has 0 bridgehead atoms. The molecule has 5 heteroatoms. The van der Waals surface area contributed by atoms with Crippen LogP contribution in [0, 0.1) is 19.8 Å². The van der Waals surface area contributed by atoms with Gasteiger partial charge in [-0.05, 0) is 39.0 Å². The predicted molar refractivity (Wildman–Crippen MR) is 71.4 cm³/mol. The topological polar surface area (TPSA) is 72.2 Å². The van der Waals surface area contributed by atoms with Gasteiger partial charge in [-0.2, -0.15) is 4.98 Å². The van der Waals surface area contributed by atoms with Crippen LogP contribution < -0.4 is 5.69 Å². The molecule has 1 aromatic heterocycles. The van der Waals surface area contributed by atoms with E-state index in [-0.39, 0.29) is 18.2 Å². The fourth-order valence-corrected chi connectivity index (χ4v) is 3.06. The molecule has 2 rings (SSSR count). The molecule has 1 aromatic rings. The minimum atomic E-state index is -0.891. The second kappa shape index (κ2) is 5.15. The lowest BCUT2D eigenvalue weighted by Crippen LogP contribution is -2.31. The lowest BCUT2D eigenvalue weighted by atomic mass is 10.1. The first kappa shape index (κ1) is 13.8. The normalized spacial score (nSPS) is 22.7. The van der Waals surface area contributed by atoms with Crippen molar-refractivity contribution >= 4 is 5.97 Å². The van der Waals surface area contributed by atoms with Crippen LogP contribution in [0.15, 0.2) is 4.79 Å². The lowest BCUT2D eigenvalue weighted by Gasteiger charge is -2.19. The summed E-state index contributed by atoms with van der Waals surface area (Å²) in [6.45, 7) is 5.71. The van der Waals surface area contributed by atoms with Crippen LogP contribution in [-0.4, -0.2) is 20.6 Å². The van der Waals surface area contributed by atoms with Crippen molar-refractivity contribution in [3.8, 4) is 0 Å². The fraction of sp³-hybridized carbons (Fsp3) is 0.643. The summed E-state index contributed by atoms with van der Waals surface area (Å²) in [6, 6.07) is 0.170. The van der Waals surface area contributed by atoms with Crippen LogP contribution in [0.3, 0.4) is 0 Å². The molecule has 2 atom stereocenters. The summed E-state index contributed by atoms with van der Waals surface area (Å²) in [5, 5.41) is 8.97. The Labute approximate surface area is 112 Å². The Morgan fingerprint density at radius 3 is 2.63 bits per heavy atom. The van der Waals surface area contributed by atoms with Gasteiger partial charge in [0.2, 0.25) is 0 Å². The van der Waals surface area contributed by atoms with Crippen molar-refractivity contribution in [1.29, 1.82) is 0 Å². The van der Waals surface area contributed by atoms with Crippen LogP contribution in [0.4, 0.5) is 0 Å². The number of nitrogens with zero attached hydrogens (tertiary/aromatic N) is 2. The Morgan fingerprint density at radius 2 is 2.11 bits per heavy atom. The molecule has 0 amide bonds. The number of aromatic nitrogens is 2. The molecule has 1 aliphatic carbocycles. The molecule has 1 fully saturated rings. The molecule has 1 N–H and O–H groups in total. The van der Waals surface area contributed by atoms with Crippen molar-refractivity contribution in [2.24, 2.45) is 5.92 Å². The van der Waals surface area contributed by atoms with Crippen LogP contribution in [0.25, 0.3) is 0 Å². The number of aryl methyl sites for hydroxylation is 1. The Hall–Kier alpha value is -1.65. The molecule has 1 heterocycles. The zero-order valence-corrected chi connectivity index (χ0v) is 11.6. The Kier molecular flexibility index (Phi) is 3.73. The highest BCUT2D eigenvalue weighted by Gasteiger charge is 2.26. The van der Waals surface area contributed by atoms with E-state index in [0.717, 1.165) is 25.0 Å². The molecule has 104 valence electrons. The van der Waals surface area contributed by atoms with E-state index in [2.05, 4.69) is 11.9 Å². The average molecular weight is 264 g/mol. The zero-order valence-electron chi connectivity index (χ0n) is 11.6. The van der Waals surface area contributed by atoms with Gasteiger partial charge in [-0.25, -0.2) is 4.79 Å². The van der Waals surface area contributed by atoms with E-state index < -0.39 is 5.97 Å². The number of carbonyl (C=O) groups is 1. The smallest absolute Gasteiger partial charge is 0.348 e. The van der Waals surface area contributed by atoms with Crippen molar-refractivity contribution in [3.05, 3.63) is 27.4 Å². The van der Waals surface area contributed by atoms with E-state index in [4.69, 9.17) is 5.11 Å². The monoisotopic (exact) mass is 264 g/mol. The van der Waals surface area contributed by atoms with Crippen LogP contribution in [0.1, 0.15) is 49.2 Å². The lowest BCUT2D eigenvalue weighted by molar-refractivity contribution is -0.136. The summed E-state index contributed by atoms with van der Waals surface area (Å²) in [6.07, 6.45) is 2.98. The van der Waals surface area contributed by atoms with E-state index >= 15 is 0 Å². The highest BCUT2D eigenvalue weighted by molar-refractivity contribution is 5.70. The van der Waals surface area contributed by atoms with Crippen LogP contribution in [0.5, 0.6) is 0 Å². The molecule has 0 aliphatic heterocycles. The Bertz CT molecular complexity index is 563. The summed E-state index contributed by atoms with van der Waals surface area (Å²) in [5.74, 6) is -0.279. The summed E-state index contributed by atoms with van der Waals surface area (Å²) >= 11 is 0. The number of carboxylic acids is 1. The van der Waals surface area contributed by atoms with Crippen molar-refractivity contribution in [2.45, 2.75) is 52.5 Å². The van der Waals surface area contributed by atoms with Gasteiger partial charge in [0.1, 0.15) is 0 Å². The van der Waals surface area contributed by atoms with Crippen LogP contribution in [-0.2, 0) is 11.2 Å². The third kappa shape index (κ3) is 2.69. The Morgan fingerprint density at radius 1 is 1.42 bits per heavy atom. The van der Waals surface area contributed by atoms with Gasteiger partial charge < -0.3 is 5.11 Å². The largest absolute Gasteiger partial charge is 0.481 e. The third-order valence-electron chi connectivity index (χ3n) is 4.06. The first-order valence-corrected chi connectivity index (χ1v) is 6.70. The maximum absolute atomic E-state index is 12.1. The molecular weight excluding hydrogens is 244 g/mol. The fourth-order valence-electron chi connectivity index (χ4n) is 3.06. The maximum Gasteiger partial charge on any atom is 0.348 e. The number of aliphatic carboxylic acids is 1. The van der Waals surface area contributed by atoms with Gasteiger partial charge in [0.05, 0.1) is 6.42 Å². The predicted octanol–water partition coefficient (Wildman–Crippen LogP) is 1.85. The first-order valence-electron chi connectivity index (χ1n) is 6.70. The van der Waals surface area contributed by atoms with Crippen molar-refractivity contribution < 1.29 is 9.90 Å². The van der Waals surface area contributed by atoms with Gasteiger partial charge in [0, 0.05) is 23.0 Å². The van der Waals surface area contributed by atoms with Gasteiger partial charge in [-0.15, -0.1) is 0 Å². The maximum atomic E-state index is 12.1. The first-order chi connectivity index (χ1) is 8.90. The Balaban J connectivity index is 2.49. The van der Waals surface area contributed by atoms with Crippen LogP contribution >= 0.6 is 0 Å². The SMILES string of the molecule is Cc1nc(=O)n(C2CCC(C)C2)c(C)c1CC(=O)O. The molecule has 0 saturated heterocycles. The van der Waals surface area contributed by atoms with E-state index in [9.17, 15) is 9.59 Å². The highest BCUT2D eigenvalue weighted by Crippen LogP contribution is 2.34. The number of hydrogen-bond acceptors (Lipinski definition) is 3. The quantitative estimate of drug-likeness (QED) is 0.904. The zero-order chi connectivity index (χ0) is 14.2. The molecule has 1 aliphatic rings. The number of hydrogen-bond donors (Lipinski definition) is 1. The van der Waals surface area contributed by atoms with E-state index in [1.165, 1.54) is 0 Å². The van der Waals surface area contributed by atoms with Gasteiger partial charge in [-0.1, -0.05) is 6.92 Å². The molecule has 5 nitrogen and oxygen atoms in total. The minimum Gasteiger partial charge on any atom is -0.481 e. The molecule has 0 spiro atoms. The molecular formula is C14H20N2O3.